The number of carbonyl (C=O) groups excluding carboxylic acids is 1. The molecule has 0 aliphatic heterocycles. The highest BCUT2D eigenvalue weighted by Crippen LogP contribution is 2.20. The zero-order valence-corrected chi connectivity index (χ0v) is 13.4. The first-order valence-corrected chi connectivity index (χ1v) is 7.22. The first kappa shape index (κ1) is 17.9. The molecule has 1 rings (SSSR count). The van der Waals surface area contributed by atoms with E-state index in [1.165, 1.54) is 17.0 Å². The van der Waals surface area contributed by atoms with E-state index in [2.05, 4.69) is 0 Å². The molecule has 1 N–H and O–H groups in total. The van der Waals surface area contributed by atoms with Gasteiger partial charge in [0.1, 0.15) is 5.82 Å². The number of aliphatic hydroxyl groups excluding tert-OH is 1. The monoisotopic (exact) mass is 316 g/mol. The van der Waals surface area contributed by atoms with Gasteiger partial charge in [-0.25, -0.2) is 4.39 Å². The third-order valence-electron chi connectivity index (χ3n) is 3.22. The SMILES string of the molecule is CC(O)CCN(C)CC(=O)N(C)Cc1c(F)cccc1Cl. The third kappa shape index (κ3) is 5.99. The fraction of sp³-hybridized carbons (Fsp3) is 0.533. The van der Waals surface area contributed by atoms with Gasteiger partial charge in [-0.3, -0.25) is 9.69 Å². The van der Waals surface area contributed by atoms with E-state index >= 15 is 0 Å². The van der Waals surface area contributed by atoms with Crippen molar-refractivity contribution >= 4 is 17.5 Å². The van der Waals surface area contributed by atoms with Crippen molar-refractivity contribution in [2.45, 2.75) is 26.0 Å². The molecule has 0 saturated carbocycles. The molecule has 4 nitrogen and oxygen atoms in total. The molecular formula is C15H22ClFN2O2. The summed E-state index contributed by atoms with van der Waals surface area (Å²) in [6, 6.07) is 4.47. The van der Waals surface area contributed by atoms with Crippen LogP contribution in [0.2, 0.25) is 5.02 Å². The molecule has 0 saturated heterocycles. The minimum Gasteiger partial charge on any atom is -0.393 e. The lowest BCUT2D eigenvalue weighted by Crippen LogP contribution is -2.37. The molecule has 0 bridgehead atoms. The summed E-state index contributed by atoms with van der Waals surface area (Å²) < 4.78 is 13.7. The van der Waals surface area contributed by atoms with E-state index in [1.54, 1.807) is 20.0 Å². The topological polar surface area (TPSA) is 43.8 Å². The molecule has 1 aromatic rings. The van der Waals surface area contributed by atoms with Gasteiger partial charge in [0.05, 0.1) is 12.6 Å². The van der Waals surface area contributed by atoms with Gasteiger partial charge in [-0.1, -0.05) is 17.7 Å². The van der Waals surface area contributed by atoms with Gasteiger partial charge in [0, 0.05) is 30.7 Å². The molecule has 0 spiro atoms. The lowest BCUT2D eigenvalue weighted by atomic mass is 10.2. The molecule has 1 unspecified atom stereocenters. The predicted molar refractivity (Wildman–Crippen MR) is 81.7 cm³/mol. The molecule has 0 aliphatic carbocycles. The summed E-state index contributed by atoms with van der Waals surface area (Å²) in [5.74, 6) is -0.535. The predicted octanol–water partition coefficient (Wildman–Crippen LogP) is 2.14. The zero-order valence-electron chi connectivity index (χ0n) is 12.6. The average Bonchev–Trinajstić information content (AvgIpc) is 2.40. The minimum absolute atomic E-state index is 0.123. The van der Waals surface area contributed by atoms with Crippen LogP contribution in [-0.4, -0.2) is 54.1 Å². The van der Waals surface area contributed by atoms with E-state index in [4.69, 9.17) is 11.6 Å². The van der Waals surface area contributed by atoms with Gasteiger partial charge in [0.25, 0.3) is 0 Å². The molecule has 1 aromatic carbocycles. The molecular weight excluding hydrogens is 295 g/mol. The molecule has 118 valence electrons. The van der Waals surface area contributed by atoms with Crippen molar-refractivity contribution < 1.29 is 14.3 Å². The van der Waals surface area contributed by atoms with Crippen LogP contribution in [0.5, 0.6) is 0 Å². The zero-order chi connectivity index (χ0) is 16.0. The largest absolute Gasteiger partial charge is 0.393 e. The average molecular weight is 317 g/mol. The summed E-state index contributed by atoms with van der Waals surface area (Å²) in [6.07, 6.45) is 0.213. The standard InChI is InChI=1S/C15H22ClFN2O2/c1-11(20)7-8-18(2)10-15(21)19(3)9-12-13(16)5-4-6-14(12)17/h4-6,11,20H,7-10H2,1-3H3. The summed E-state index contributed by atoms with van der Waals surface area (Å²) in [4.78, 5) is 15.4. The summed E-state index contributed by atoms with van der Waals surface area (Å²) >= 11 is 5.95. The van der Waals surface area contributed by atoms with E-state index in [1.807, 2.05) is 11.9 Å². The maximum Gasteiger partial charge on any atom is 0.236 e. The maximum atomic E-state index is 13.7. The third-order valence-corrected chi connectivity index (χ3v) is 3.57. The van der Waals surface area contributed by atoms with Gasteiger partial charge >= 0.3 is 0 Å². The maximum absolute atomic E-state index is 13.7. The Morgan fingerprint density at radius 1 is 1.43 bits per heavy atom. The molecule has 1 atom stereocenters. The van der Waals surface area contributed by atoms with Crippen molar-refractivity contribution in [1.82, 2.24) is 9.80 Å². The molecule has 0 aromatic heterocycles. The van der Waals surface area contributed by atoms with Gasteiger partial charge in [0.2, 0.25) is 5.91 Å². The molecule has 0 aliphatic rings. The number of rotatable bonds is 7. The number of benzene rings is 1. The number of amides is 1. The van der Waals surface area contributed by atoms with Crippen molar-refractivity contribution in [3.05, 3.63) is 34.6 Å². The quantitative estimate of drug-likeness (QED) is 0.838. The Bertz CT molecular complexity index is 462. The first-order chi connectivity index (χ1) is 9.81. The molecule has 0 radical (unpaired) electrons. The summed E-state index contributed by atoms with van der Waals surface area (Å²) in [6.45, 7) is 2.68. The lowest BCUT2D eigenvalue weighted by molar-refractivity contribution is -0.131. The number of likely N-dealkylation sites (N-methyl/N-ethyl adjacent to an activating group) is 2. The van der Waals surface area contributed by atoms with Crippen molar-refractivity contribution in [3.8, 4) is 0 Å². The fourth-order valence-electron chi connectivity index (χ4n) is 1.85. The van der Waals surface area contributed by atoms with Gasteiger partial charge in [-0.05, 0) is 32.5 Å². The Morgan fingerprint density at radius 3 is 2.67 bits per heavy atom. The second-order valence-corrected chi connectivity index (χ2v) is 5.73. The Kier molecular flexibility index (Phi) is 7.08. The highest BCUT2D eigenvalue weighted by molar-refractivity contribution is 6.31. The van der Waals surface area contributed by atoms with Gasteiger partial charge in [0.15, 0.2) is 0 Å². The number of aliphatic hydroxyl groups is 1. The second kappa shape index (κ2) is 8.32. The number of halogens is 2. The van der Waals surface area contributed by atoms with E-state index in [9.17, 15) is 14.3 Å². The number of nitrogens with zero attached hydrogens (tertiary/aromatic N) is 2. The Balaban J connectivity index is 2.55. The lowest BCUT2D eigenvalue weighted by Gasteiger charge is -2.23. The van der Waals surface area contributed by atoms with Gasteiger partial charge in [-0.2, -0.15) is 0 Å². The summed E-state index contributed by atoms with van der Waals surface area (Å²) in [5, 5.41) is 9.54. The van der Waals surface area contributed by atoms with Crippen molar-refractivity contribution in [2.75, 3.05) is 27.2 Å². The Hall–Kier alpha value is -1.17. The number of hydrogen-bond donors (Lipinski definition) is 1. The highest BCUT2D eigenvalue weighted by Gasteiger charge is 2.15. The summed E-state index contributed by atoms with van der Waals surface area (Å²) in [7, 11) is 3.43. The molecule has 6 heteroatoms. The minimum atomic E-state index is -0.412. The van der Waals surface area contributed by atoms with Crippen LogP contribution < -0.4 is 0 Å². The van der Waals surface area contributed by atoms with E-state index in [0.717, 1.165) is 0 Å². The number of carbonyl (C=O) groups is 1. The van der Waals surface area contributed by atoms with Crippen LogP contribution in [0, 0.1) is 5.82 Å². The number of hydrogen-bond acceptors (Lipinski definition) is 3. The second-order valence-electron chi connectivity index (χ2n) is 5.33. The van der Waals surface area contributed by atoms with Crippen LogP contribution in [-0.2, 0) is 11.3 Å². The molecule has 0 heterocycles. The van der Waals surface area contributed by atoms with Gasteiger partial charge < -0.3 is 10.0 Å². The van der Waals surface area contributed by atoms with Crippen LogP contribution in [0.1, 0.15) is 18.9 Å². The Morgan fingerprint density at radius 2 is 2.10 bits per heavy atom. The molecule has 1 amide bonds. The van der Waals surface area contributed by atoms with Crippen molar-refractivity contribution in [2.24, 2.45) is 0 Å². The highest BCUT2D eigenvalue weighted by atomic mass is 35.5. The Labute approximate surface area is 130 Å². The smallest absolute Gasteiger partial charge is 0.236 e. The molecule has 21 heavy (non-hydrogen) atoms. The van der Waals surface area contributed by atoms with Crippen LogP contribution in [0.25, 0.3) is 0 Å². The van der Waals surface area contributed by atoms with E-state index in [0.29, 0.717) is 23.6 Å². The van der Waals surface area contributed by atoms with Crippen LogP contribution >= 0.6 is 11.6 Å². The van der Waals surface area contributed by atoms with E-state index in [-0.39, 0.29) is 19.0 Å². The van der Waals surface area contributed by atoms with Crippen molar-refractivity contribution in [1.29, 1.82) is 0 Å². The van der Waals surface area contributed by atoms with Gasteiger partial charge in [-0.15, -0.1) is 0 Å². The first-order valence-electron chi connectivity index (χ1n) is 6.84. The van der Waals surface area contributed by atoms with Crippen LogP contribution in [0.4, 0.5) is 4.39 Å². The van der Waals surface area contributed by atoms with Crippen molar-refractivity contribution in [3.63, 3.8) is 0 Å². The normalized spacial score (nSPS) is 12.5. The summed E-state index contributed by atoms with van der Waals surface area (Å²) in [5.41, 5.74) is 0.321. The fourth-order valence-corrected chi connectivity index (χ4v) is 2.07. The van der Waals surface area contributed by atoms with Crippen LogP contribution in [0.15, 0.2) is 18.2 Å². The van der Waals surface area contributed by atoms with Crippen LogP contribution in [0.3, 0.4) is 0 Å². The van der Waals surface area contributed by atoms with E-state index < -0.39 is 11.9 Å². The molecule has 0 fully saturated rings.